The molecule has 0 radical (unpaired) electrons. The number of benzene rings is 1. The van der Waals surface area contributed by atoms with Crippen LogP contribution < -0.4 is 0 Å². The first-order valence-electron chi connectivity index (χ1n) is 11.3. The van der Waals surface area contributed by atoms with Crippen LogP contribution in [0.15, 0.2) is 24.3 Å². The maximum absolute atomic E-state index is 12.5. The van der Waals surface area contributed by atoms with Crippen molar-refractivity contribution < 1.29 is 28.6 Å². The SMILES string of the molecule is CCC(C)(C)C(=O)OCCOC(=O)CCC(=O)OC1(c2cccc(C)c2)CCCCC1. The summed E-state index contributed by atoms with van der Waals surface area (Å²) < 4.78 is 16.2. The van der Waals surface area contributed by atoms with Gasteiger partial charge in [0.05, 0.1) is 18.3 Å². The zero-order valence-corrected chi connectivity index (χ0v) is 19.3. The summed E-state index contributed by atoms with van der Waals surface area (Å²) in [5.41, 5.74) is 0.996. The Hall–Kier alpha value is -2.37. The van der Waals surface area contributed by atoms with E-state index in [1.54, 1.807) is 0 Å². The molecule has 0 heterocycles. The lowest BCUT2D eigenvalue weighted by molar-refractivity contribution is -0.167. The Kier molecular flexibility index (Phi) is 9.08. The molecule has 0 aliphatic heterocycles. The number of hydrogen-bond acceptors (Lipinski definition) is 6. The van der Waals surface area contributed by atoms with Crippen LogP contribution in [0.3, 0.4) is 0 Å². The van der Waals surface area contributed by atoms with Crippen LogP contribution in [0, 0.1) is 12.3 Å². The van der Waals surface area contributed by atoms with Gasteiger partial charge in [-0.05, 0) is 58.4 Å². The van der Waals surface area contributed by atoms with Crippen molar-refractivity contribution in [2.75, 3.05) is 13.2 Å². The Labute approximate surface area is 185 Å². The van der Waals surface area contributed by atoms with Gasteiger partial charge in [0.1, 0.15) is 18.8 Å². The van der Waals surface area contributed by atoms with Crippen molar-refractivity contribution in [3.05, 3.63) is 35.4 Å². The fraction of sp³-hybridized carbons (Fsp3) is 0.640. The van der Waals surface area contributed by atoms with Crippen molar-refractivity contribution >= 4 is 17.9 Å². The van der Waals surface area contributed by atoms with Crippen molar-refractivity contribution in [2.24, 2.45) is 5.41 Å². The van der Waals surface area contributed by atoms with Gasteiger partial charge >= 0.3 is 17.9 Å². The van der Waals surface area contributed by atoms with Crippen LogP contribution in [0.25, 0.3) is 0 Å². The molecule has 1 saturated carbocycles. The number of carbonyl (C=O) groups is 3. The standard InChI is InChI=1S/C25H36O6/c1-5-24(3,4)23(28)30-17-16-29-21(26)12-13-22(27)31-25(14-7-6-8-15-25)20-11-9-10-19(2)18-20/h9-11,18H,5-8,12-17H2,1-4H3. The highest BCUT2D eigenvalue weighted by atomic mass is 16.6. The van der Waals surface area contributed by atoms with Gasteiger partial charge in [-0.1, -0.05) is 43.2 Å². The first-order chi connectivity index (χ1) is 14.7. The number of rotatable bonds is 10. The Bertz CT molecular complexity index is 761. The largest absolute Gasteiger partial charge is 0.462 e. The number of aryl methyl sites for hydroxylation is 1. The minimum atomic E-state index is -0.606. The van der Waals surface area contributed by atoms with Gasteiger partial charge < -0.3 is 14.2 Å². The lowest BCUT2D eigenvalue weighted by Gasteiger charge is -2.37. The molecule has 0 unspecified atom stereocenters. The van der Waals surface area contributed by atoms with E-state index < -0.39 is 23.0 Å². The highest BCUT2D eigenvalue weighted by Gasteiger charge is 2.37. The highest BCUT2D eigenvalue weighted by Crippen LogP contribution is 2.41. The molecule has 0 atom stereocenters. The molecule has 0 aromatic heterocycles. The van der Waals surface area contributed by atoms with E-state index in [2.05, 4.69) is 6.07 Å². The molecule has 0 spiro atoms. The summed E-state index contributed by atoms with van der Waals surface area (Å²) in [7, 11) is 0. The number of carbonyl (C=O) groups excluding carboxylic acids is 3. The summed E-state index contributed by atoms with van der Waals surface area (Å²) in [6.07, 6.45) is 5.33. The van der Waals surface area contributed by atoms with Gasteiger partial charge in [0, 0.05) is 0 Å². The summed E-state index contributed by atoms with van der Waals surface area (Å²) in [5.74, 6) is -1.21. The maximum Gasteiger partial charge on any atom is 0.311 e. The minimum absolute atomic E-state index is 0.00885. The summed E-state index contributed by atoms with van der Waals surface area (Å²) in [4.78, 5) is 36.4. The minimum Gasteiger partial charge on any atom is -0.462 e. The fourth-order valence-electron chi connectivity index (χ4n) is 3.68. The molecule has 1 aromatic carbocycles. The first-order valence-corrected chi connectivity index (χ1v) is 11.3. The van der Waals surface area contributed by atoms with Crippen LogP contribution in [0.5, 0.6) is 0 Å². The van der Waals surface area contributed by atoms with E-state index in [1.165, 1.54) is 0 Å². The van der Waals surface area contributed by atoms with Gasteiger partial charge in [0.2, 0.25) is 0 Å². The van der Waals surface area contributed by atoms with E-state index in [-0.39, 0.29) is 32.0 Å². The zero-order valence-electron chi connectivity index (χ0n) is 19.3. The van der Waals surface area contributed by atoms with Gasteiger partial charge in [-0.2, -0.15) is 0 Å². The third-order valence-electron chi connectivity index (χ3n) is 6.06. The van der Waals surface area contributed by atoms with E-state index in [0.29, 0.717) is 6.42 Å². The average molecular weight is 433 g/mol. The Morgan fingerprint density at radius 1 is 0.968 bits per heavy atom. The van der Waals surface area contributed by atoms with E-state index in [1.807, 2.05) is 45.9 Å². The molecule has 0 saturated heterocycles. The molecule has 172 valence electrons. The molecule has 6 heteroatoms. The fourth-order valence-corrected chi connectivity index (χ4v) is 3.68. The van der Waals surface area contributed by atoms with Crippen LogP contribution in [-0.4, -0.2) is 31.1 Å². The van der Waals surface area contributed by atoms with E-state index in [0.717, 1.165) is 43.2 Å². The first kappa shape index (κ1) is 24.9. The predicted molar refractivity (Wildman–Crippen MR) is 117 cm³/mol. The number of hydrogen-bond donors (Lipinski definition) is 0. The Morgan fingerprint density at radius 2 is 1.61 bits per heavy atom. The quantitative estimate of drug-likeness (QED) is 0.294. The van der Waals surface area contributed by atoms with Crippen molar-refractivity contribution in [1.82, 2.24) is 0 Å². The monoisotopic (exact) mass is 432 g/mol. The van der Waals surface area contributed by atoms with Crippen molar-refractivity contribution in [3.8, 4) is 0 Å². The normalized spacial score (nSPS) is 15.7. The van der Waals surface area contributed by atoms with E-state index in [9.17, 15) is 14.4 Å². The van der Waals surface area contributed by atoms with Crippen LogP contribution in [0.1, 0.15) is 83.3 Å². The molecular weight excluding hydrogens is 396 g/mol. The second-order valence-electron chi connectivity index (χ2n) is 8.99. The number of ether oxygens (including phenoxy) is 3. The third kappa shape index (κ3) is 7.37. The molecule has 1 aromatic rings. The Morgan fingerprint density at radius 3 is 2.26 bits per heavy atom. The highest BCUT2D eigenvalue weighted by molar-refractivity contribution is 5.78. The Balaban J connectivity index is 1.79. The van der Waals surface area contributed by atoms with Gasteiger partial charge in [-0.25, -0.2) is 0 Å². The topological polar surface area (TPSA) is 78.9 Å². The van der Waals surface area contributed by atoms with Crippen LogP contribution in [0.2, 0.25) is 0 Å². The van der Waals surface area contributed by atoms with Gasteiger partial charge in [-0.3, -0.25) is 14.4 Å². The number of esters is 3. The van der Waals surface area contributed by atoms with Crippen LogP contribution in [-0.2, 0) is 34.2 Å². The average Bonchev–Trinajstić information content (AvgIpc) is 2.75. The van der Waals surface area contributed by atoms with Crippen LogP contribution >= 0.6 is 0 Å². The van der Waals surface area contributed by atoms with E-state index in [4.69, 9.17) is 14.2 Å². The predicted octanol–water partition coefficient (Wildman–Crippen LogP) is 5.00. The lowest BCUT2D eigenvalue weighted by atomic mass is 9.79. The molecule has 0 N–H and O–H groups in total. The molecule has 0 amide bonds. The molecule has 6 nitrogen and oxygen atoms in total. The summed E-state index contributed by atoms with van der Waals surface area (Å²) >= 11 is 0. The van der Waals surface area contributed by atoms with Gasteiger partial charge in [0.25, 0.3) is 0 Å². The lowest BCUT2D eigenvalue weighted by Crippen LogP contribution is -2.35. The second kappa shape index (κ2) is 11.3. The summed E-state index contributed by atoms with van der Waals surface area (Å²) in [6.45, 7) is 7.54. The van der Waals surface area contributed by atoms with Crippen molar-refractivity contribution in [3.63, 3.8) is 0 Å². The third-order valence-corrected chi connectivity index (χ3v) is 6.06. The summed E-state index contributed by atoms with van der Waals surface area (Å²) in [5, 5.41) is 0. The molecule has 0 bridgehead atoms. The second-order valence-corrected chi connectivity index (χ2v) is 8.99. The molecule has 1 fully saturated rings. The maximum atomic E-state index is 12.5. The molecule has 31 heavy (non-hydrogen) atoms. The zero-order chi connectivity index (χ0) is 22.9. The van der Waals surface area contributed by atoms with Gasteiger partial charge in [0.15, 0.2) is 0 Å². The van der Waals surface area contributed by atoms with Gasteiger partial charge in [-0.15, -0.1) is 0 Å². The molecular formula is C25H36O6. The molecule has 2 rings (SSSR count). The van der Waals surface area contributed by atoms with E-state index >= 15 is 0 Å². The summed E-state index contributed by atoms with van der Waals surface area (Å²) in [6, 6.07) is 8.11. The molecule has 1 aliphatic rings. The smallest absolute Gasteiger partial charge is 0.311 e. The van der Waals surface area contributed by atoms with Crippen molar-refractivity contribution in [1.29, 1.82) is 0 Å². The van der Waals surface area contributed by atoms with Crippen LogP contribution in [0.4, 0.5) is 0 Å². The van der Waals surface area contributed by atoms with Crippen molar-refractivity contribution in [2.45, 2.75) is 84.7 Å². The molecule has 1 aliphatic carbocycles.